The lowest BCUT2D eigenvalue weighted by atomic mass is 10.2. The van der Waals surface area contributed by atoms with Crippen LogP contribution in [0.4, 0.5) is 10.1 Å². The van der Waals surface area contributed by atoms with Crippen molar-refractivity contribution in [2.24, 2.45) is 0 Å². The smallest absolute Gasteiger partial charge is 0.148 e. The molecule has 0 spiro atoms. The second kappa shape index (κ2) is 2.20. The van der Waals surface area contributed by atoms with Gasteiger partial charge >= 0.3 is 0 Å². The zero-order valence-electron chi connectivity index (χ0n) is 6.56. The third kappa shape index (κ3) is 0.845. The zero-order chi connectivity index (χ0) is 8.72. The highest BCUT2D eigenvalue weighted by molar-refractivity contribution is 5.87. The molecule has 12 heavy (non-hydrogen) atoms. The third-order valence-corrected chi connectivity index (χ3v) is 1.76. The van der Waals surface area contributed by atoms with Crippen LogP contribution in [0.2, 0.25) is 0 Å². The number of halogens is 1. The molecule has 2 rings (SSSR count). The summed E-state index contributed by atoms with van der Waals surface area (Å²) in [7, 11) is 0. The summed E-state index contributed by atoms with van der Waals surface area (Å²) in [4.78, 5) is 7.02. The first-order chi connectivity index (χ1) is 5.68. The average Bonchev–Trinajstić information content (AvgIpc) is 2.39. The van der Waals surface area contributed by atoms with E-state index in [9.17, 15) is 4.39 Å². The Labute approximate surface area is 68.4 Å². The SMILES string of the molecule is Cc1nc2c(N)c(F)ccc2[nH]1. The summed E-state index contributed by atoms with van der Waals surface area (Å²) in [5.74, 6) is 0.316. The van der Waals surface area contributed by atoms with Crippen LogP contribution in [0.15, 0.2) is 12.1 Å². The zero-order valence-corrected chi connectivity index (χ0v) is 6.56. The Morgan fingerprint density at radius 1 is 1.50 bits per heavy atom. The van der Waals surface area contributed by atoms with Crippen molar-refractivity contribution < 1.29 is 4.39 Å². The van der Waals surface area contributed by atoms with E-state index in [2.05, 4.69) is 9.97 Å². The summed E-state index contributed by atoms with van der Waals surface area (Å²) < 4.78 is 12.9. The van der Waals surface area contributed by atoms with E-state index in [0.29, 0.717) is 5.52 Å². The van der Waals surface area contributed by atoms with Gasteiger partial charge in [0, 0.05) is 0 Å². The Kier molecular flexibility index (Phi) is 1.30. The van der Waals surface area contributed by atoms with Gasteiger partial charge in [-0.3, -0.25) is 0 Å². The number of aromatic amines is 1. The summed E-state index contributed by atoms with van der Waals surface area (Å²) in [5.41, 5.74) is 6.86. The predicted molar refractivity (Wildman–Crippen MR) is 45.2 cm³/mol. The first-order valence-electron chi connectivity index (χ1n) is 3.59. The largest absolute Gasteiger partial charge is 0.395 e. The third-order valence-electron chi connectivity index (χ3n) is 1.76. The van der Waals surface area contributed by atoms with Crippen LogP contribution in [0.1, 0.15) is 5.82 Å². The maximum atomic E-state index is 12.9. The molecule has 0 saturated heterocycles. The van der Waals surface area contributed by atoms with E-state index in [1.807, 2.05) is 0 Å². The Hall–Kier alpha value is -1.58. The van der Waals surface area contributed by atoms with Crippen LogP contribution in [-0.2, 0) is 0 Å². The van der Waals surface area contributed by atoms with E-state index in [1.165, 1.54) is 6.07 Å². The molecule has 0 bridgehead atoms. The molecule has 0 saturated carbocycles. The number of H-pyrrole nitrogens is 1. The number of rotatable bonds is 0. The maximum absolute atomic E-state index is 12.9. The highest BCUT2D eigenvalue weighted by atomic mass is 19.1. The molecule has 0 radical (unpaired) electrons. The van der Waals surface area contributed by atoms with Crippen molar-refractivity contribution >= 4 is 16.7 Å². The van der Waals surface area contributed by atoms with Crippen molar-refractivity contribution in [3.63, 3.8) is 0 Å². The van der Waals surface area contributed by atoms with Gasteiger partial charge in [-0.1, -0.05) is 0 Å². The van der Waals surface area contributed by atoms with E-state index in [0.717, 1.165) is 11.3 Å². The number of anilines is 1. The molecule has 1 aromatic carbocycles. The first-order valence-corrected chi connectivity index (χ1v) is 3.59. The lowest BCUT2D eigenvalue weighted by Gasteiger charge is -1.94. The van der Waals surface area contributed by atoms with Gasteiger partial charge in [0.05, 0.1) is 11.2 Å². The molecule has 3 nitrogen and oxygen atoms in total. The van der Waals surface area contributed by atoms with Crippen molar-refractivity contribution in [2.75, 3.05) is 5.73 Å². The van der Waals surface area contributed by atoms with Crippen LogP contribution in [0.5, 0.6) is 0 Å². The standard InChI is InChI=1S/C8H8FN3/c1-4-11-6-3-2-5(9)7(10)8(6)12-4/h2-3H,10H2,1H3,(H,11,12). The number of benzene rings is 1. The number of nitrogens with zero attached hydrogens (tertiary/aromatic N) is 1. The molecule has 4 heteroatoms. The van der Waals surface area contributed by atoms with Crippen molar-refractivity contribution in [1.29, 1.82) is 0 Å². The van der Waals surface area contributed by atoms with Crippen LogP contribution >= 0.6 is 0 Å². The maximum Gasteiger partial charge on any atom is 0.148 e. The average molecular weight is 165 g/mol. The molecule has 62 valence electrons. The van der Waals surface area contributed by atoms with Crippen molar-refractivity contribution in [3.05, 3.63) is 23.8 Å². The Morgan fingerprint density at radius 2 is 2.25 bits per heavy atom. The number of nitrogen functional groups attached to an aromatic ring is 1. The number of imidazole rings is 1. The lowest BCUT2D eigenvalue weighted by Crippen LogP contribution is -1.91. The summed E-state index contributed by atoms with van der Waals surface area (Å²) >= 11 is 0. The van der Waals surface area contributed by atoms with Crippen molar-refractivity contribution in [1.82, 2.24) is 9.97 Å². The minimum Gasteiger partial charge on any atom is -0.395 e. The van der Waals surface area contributed by atoms with Gasteiger partial charge in [-0.15, -0.1) is 0 Å². The van der Waals surface area contributed by atoms with Gasteiger partial charge in [-0.2, -0.15) is 0 Å². The summed E-state index contributed by atoms with van der Waals surface area (Å²) in [5, 5.41) is 0. The van der Waals surface area contributed by atoms with Gasteiger partial charge in [0.1, 0.15) is 17.2 Å². The quantitative estimate of drug-likeness (QED) is 0.582. The molecule has 0 fully saturated rings. The minimum absolute atomic E-state index is 0.108. The van der Waals surface area contributed by atoms with Crippen molar-refractivity contribution in [2.45, 2.75) is 6.92 Å². The fourth-order valence-electron chi connectivity index (χ4n) is 1.20. The van der Waals surface area contributed by atoms with Gasteiger partial charge in [0.15, 0.2) is 0 Å². The molecule has 0 aliphatic rings. The number of aromatic nitrogens is 2. The van der Waals surface area contributed by atoms with E-state index in [-0.39, 0.29) is 5.69 Å². The second-order valence-corrected chi connectivity index (χ2v) is 2.68. The molecular formula is C8H8FN3. The van der Waals surface area contributed by atoms with Crippen LogP contribution < -0.4 is 5.73 Å². The van der Waals surface area contributed by atoms with E-state index in [1.54, 1.807) is 13.0 Å². The van der Waals surface area contributed by atoms with Crippen LogP contribution in [0.3, 0.4) is 0 Å². The van der Waals surface area contributed by atoms with Crippen LogP contribution in [-0.4, -0.2) is 9.97 Å². The number of aryl methyl sites for hydroxylation is 1. The van der Waals surface area contributed by atoms with Gasteiger partial charge in [0.2, 0.25) is 0 Å². The molecular weight excluding hydrogens is 157 g/mol. The molecule has 0 amide bonds. The number of nitrogens with one attached hydrogen (secondary N) is 1. The molecule has 0 unspecified atom stereocenters. The highest BCUT2D eigenvalue weighted by Crippen LogP contribution is 2.21. The van der Waals surface area contributed by atoms with Gasteiger partial charge < -0.3 is 10.7 Å². The normalized spacial score (nSPS) is 10.8. The fraction of sp³-hybridized carbons (Fsp3) is 0.125. The Balaban J connectivity index is 2.89. The molecule has 1 aromatic heterocycles. The Morgan fingerprint density at radius 3 is 3.00 bits per heavy atom. The number of hydrogen-bond donors (Lipinski definition) is 2. The van der Waals surface area contributed by atoms with Gasteiger partial charge in [-0.05, 0) is 19.1 Å². The number of fused-ring (bicyclic) bond motifs is 1. The van der Waals surface area contributed by atoms with Gasteiger partial charge in [-0.25, -0.2) is 9.37 Å². The summed E-state index contributed by atoms with van der Waals surface area (Å²) in [6.07, 6.45) is 0. The van der Waals surface area contributed by atoms with Crippen LogP contribution in [0.25, 0.3) is 11.0 Å². The molecule has 0 aliphatic heterocycles. The Bertz CT molecular complexity index is 433. The molecule has 1 heterocycles. The molecule has 2 aromatic rings. The second-order valence-electron chi connectivity index (χ2n) is 2.68. The van der Waals surface area contributed by atoms with Crippen molar-refractivity contribution in [3.8, 4) is 0 Å². The van der Waals surface area contributed by atoms with E-state index < -0.39 is 5.82 Å². The highest BCUT2D eigenvalue weighted by Gasteiger charge is 2.06. The fourth-order valence-corrected chi connectivity index (χ4v) is 1.20. The molecule has 3 N–H and O–H groups in total. The summed E-state index contributed by atoms with van der Waals surface area (Å²) in [6, 6.07) is 2.95. The van der Waals surface area contributed by atoms with Crippen LogP contribution in [0, 0.1) is 12.7 Å². The van der Waals surface area contributed by atoms with E-state index in [4.69, 9.17) is 5.73 Å². The predicted octanol–water partition coefficient (Wildman–Crippen LogP) is 1.59. The summed E-state index contributed by atoms with van der Waals surface area (Å²) in [6.45, 7) is 1.80. The van der Waals surface area contributed by atoms with Gasteiger partial charge in [0.25, 0.3) is 0 Å². The molecule has 0 atom stereocenters. The monoisotopic (exact) mass is 165 g/mol. The topological polar surface area (TPSA) is 54.7 Å². The minimum atomic E-state index is -0.422. The molecule has 0 aliphatic carbocycles. The number of nitrogens with two attached hydrogens (primary N) is 1. The lowest BCUT2D eigenvalue weighted by molar-refractivity contribution is 0.634. The van der Waals surface area contributed by atoms with E-state index >= 15 is 0 Å². The number of hydrogen-bond acceptors (Lipinski definition) is 2. The first kappa shape index (κ1) is 7.09.